The second-order valence-corrected chi connectivity index (χ2v) is 2.96. The van der Waals surface area contributed by atoms with Gasteiger partial charge >= 0.3 is 0 Å². The maximum absolute atomic E-state index is 11.1. The van der Waals surface area contributed by atoms with Crippen LogP contribution < -0.4 is 4.74 Å². The zero-order valence-electron chi connectivity index (χ0n) is 8.73. The van der Waals surface area contributed by atoms with Crippen molar-refractivity contribution in [1.29, 1.82) is 10.7 Å². The lowest BCUT2D eigenvalue weighted by molar-refractivity contribution is -0.109. The van der Waals surface area contributed by atoms with Gasteiger partial charge in [-0.05, 0) is 23.8 Å². The topological polar surface area (TPSA) is 73.9 Å². The summed E-state index contributed by atoms with van der Waals surface area (Å²) in [7, 11) is 1.54. The molecule has 0 bridgehead atoms. The van der Waals surface area contributed by atoms with Crippen LogP contribution in [-0.2, 0) is 4.79 Å². The fraction of sp³-hybridized carbons (Fsp3) is 0.0833. The van der Waals surface area contributed by atoms with Gasteiger partial charge in [0.2, 0.25) is 5.78 Å². The summed E-state index contributed by atoms with van der Waals surface area (Å²) in [4.78, 5) is 11.1. The van der Waals surface area contributed by atoms with Gasteiger partial charge in [0.25, 0.3) is 0 Å². The minimum atomic E-state index is -0.606. The van der Waals surface area contributed by atoms with Gasteiger partial charge in [-0.2, -0.15) is 5.26 Å². The van der Waals surface area contributed by atoms with E-state index in [4.69, 9.17) is 15.4 Å². The largest absolute Gasteiger partial charge is 0.497 e. The zero-order chi connectivity index (χ0) is 12.0. The molecule has 0 amide bonds. The van der Waals surface area contributed by atoms with Crippen LogP contribution in [0.1, 0.15) is 5.56 Å². The number of carbonyl (C=O) groups excluding carboxylic acids is 1. The van der Waals surface area contributed by atoms with Crippen molar-refractivity contribution in [3.05, 3.63) is 35.4 Å². The summed E-state index contributed by atoms with van der Waals surface area (Å²) in [6, 6.07) is 8.73. The monoisotopic (exact) mass is 214 g/mol. The van der Waals surface area contributed by atoms with Crippen LogP contribution in [0.4, 0.5) is 0 Å². The van der Waals surface area contributed by atoms with Crippen LogP contribution in [0.3, 0.4) is 0 Å². The Morgan fingerprint density at radius 2 is 2.31 bits per heavy atom. The van der Waals surface area contributed by atoms with E-state index < -0.39 is 5.78 Å². The molecule has 0 aromatic heterocycles. The Hall–Kier alpha value is -2.41. The van der Waals surface area contributed by atoms with Crippen LogP contribution in [-0.4, -0.2) is 19.1 Å². The fourth-order valence-electron chi connectivity index (χ4n) is 1.13. The first-order chi connectivity index (χ1) is 7.71. The van der Waals surface area contributed by atoms with Crippen molar-refractivity contribution >= 4 is 18.1 Å². The van der Waals surface area contributed by atoms with Gasteiger partial charge in [0.1, 0.15) is 17.4 Å². The van der Waals surface area contributed by atoms with Crippen LogP contribution in [0.2, 0.25) is 0 Å². The van der Waals surface area contributed by atoms with Gasteiger partial charge in [0.05, 0.1) is 13.3 Å². The highest BCUT2D eigenvalue weighted by Crippen LogP contribution is 2.15. The van der Waals surface area contributed by atoms with Crippen molar-refractivity contribution in [2.75, 3.05) is 7.11 Å². The van der Waals surface area contributed by atoms with Crippen LogP contribution in [0.15, 0.2) is 29.8 Å². The van der Waals surface area contributed by atoms with Crippen LogP contribution in [0.5, 0.6) is 5.75 Å². The molecular formula is C12H10N2O2. The number of hydrogen-bond donors (Lipinski definition) is 1. The smallest absolute Gasteiger partial charge is 0.213 e. The molecule has 0 radical (unpaired) electrons. The van der Waals surface area contributed by atoms with Crippen molar-refractivity contribution in [3.8, 4) is 11.8 Å². The number of ketones is 1. The first kappa shape index (κ1) is 11.7. The van der Waals surface area contributed by atoms with Gasteiger partial charge in [-0.1, -0.05) is 12.1 Å². The number of nitrogens with zero attached hydrogens (tertiary/aromatic N) is 1. The Bertz CT molecular complexity index is 484. The molecule has 16 heavy (non-hydrogen) atoms. The summed E-state index contributed by atoms with van der Waals surface area (Å²) in [6.45, 7) is 0. The van der Waals surface area contributed by atoms with Crippen molar-refractivity contribution in [3.63, 3.8) is 0 Å². The maximum atomic E-state index is 11.1. The molecule has 0 unspecified atom stereocenters. The molecule has 1 aromatic carbocycles. The van der Waals surface area contributed by atoms with Gasteiger partial charge in [-0.15, -0.1) is 0 Å². The highest BCUT2D eigenvalue weighted by Gasteiger charge is 2.05. The summed E-state index contributed by atoms with van der Waals surface area (Å²) in [5.41, 5.74) is 0.620. The molecule has 80 valence electrons. The number of nitrogens with one attached hydrogen (secondary N) is 1. The summed E-state index contributed by atoms with van der Waals surface area (Å²) in [5.74, 6) is 0.0404. The van der Waals surface area contributed by atoms with E-state index in [0.717, 1.165) is 0 Å². The van der Waals surface area contributed by atoms with Gasteiger partial charge in [-0.3, -0.25) is 4.79 Å². The number of Topliss-reactive ketones (excluding diaryl/α,β-unsaturated/α-hetero) is 1. The zero-order valence-corrected chi connectivity index (χ0v) is 8.73. The second-order valence-electron chi connectivity index (χ2n) is 2.96. The van der Waals surface area contributed by atoms with E-state index in [9.17, 15) is 4.79 Å². The minimum Gasteiger partial charge on any atom is -0.497 e. The SMILES string of the molecule is COc1cccc(C=C(C#N)C(=O)C=N)c1. The van der Waals surface area contributed by atoms with Gasteiger partial charge in [0, 0.05) is 0 Å². The van der Waals surface area contributed by atoms with E-state index in [1.807, 2.05) is 0 Å². The predicted octanol–water partition coefficient (Wildman–Crippen LogP) is 1.82. The molecule has 4 nitrogen and oxygen atoms in total. The molecule has 0 saturated heterocycles. The molecule has 0 heterocycles. The molecular weight excluding hydrogens is 204 g/mol. The van der Waals surface area contributed by atoms with Crippen molar-refractivity contribution in [2.24, 2.45) is 0 Å². The minimum absolute atomic E-state index is 0.0664. The van der Waals surface area contributed by atoms with E-state index in [-0.39, 0.29) is 5.57 Å². The molecule has 0 aliphatic carbocycles. The Morgan fingerprint density at radius 1 is 1.56 bits per heavy atom. The van der Waals surface area contributed by atoms with Crippen molar-refractivity contribution in [2.45, 2.75) is 0 Å². The predicted molar refractivity (Wildman–Crippen MR) is 60.4 cm³/mol. The molecule has 1 N–H and O–H groups in total. The summed E-state index contributed by atoms with van der Waals surface area (Å²) in [5, 5.41) is 15.5. The standard InChI is InChI=1S/C12H10N2O2/c1-16-11-4-2-3-9(6-11)5-10(7-13)12(15)8-14/h2-6,8,14H,1H3. The van der Waals surface area contributed by atoms with Gasteiger partial charge < -0.3 is 10.1 Å². The van der Waals surface area contributed by atoms with Gasteiger partial charge in [-0.25, -0.2) is 0 Å². The number of hydrogen-bond acceptors (Lipinski definition) is 4. The van der Waals surface area contributed by atoms with Crippen molar-refractivity contribution < 1.29 is 9.53 Å². The van der Waals surface area contributed by atoms with Crippen molar-refractivity contribution in [1.82, 2.24) is 0 Å². The third-order valence-electron chi connectivity index (χ3n) is 1.92. The van der Waals surface area contributed by atoms with Crippen LogP contribution in [0.25, 0.3) is 6.08 Å². The second kappa shape index (κ2) is 5.47. The number of rotatable bonds is 4. The highest BCUT2D eigenvalue weighted by atomic mass is 16.5. The lowest BCUT2D eigenvalue weighted by Crippen LogP contribution is -2.00. The average Bonchev–Trinajstić information content (AvgIpc) is 2.35. The van der Waals surface area contributed by atoms with E-state index >= 15 is 0 Å². The third kappa shape index (κ3) is 2.79. The summed E-state index contributed by atoms with van der Waals surface area (Å²) >= 11 is 0. The summed E-state index contributed by atoms with van der Waals surface area (Å²) < 4.78 is 5.01. The van der Waals surface area contributed by atoms with Crippen LogP contribution in [0, 0.1) is 16.7 Å². The molecule has 1 rings (SSSR count). The third-order valence-corrected chi connectivity index (χ3v) is 1.92. The first-order valence-electron chi connectivity index (χ1n) is 4.52. The average molecular weight is 214 g/mol. The van der Waals surface area contributed by atoms with Crippen LogP contribution >= 0.6 is 0 Å². The number of nitriles is 1. The lowest BCUT2D eigenvalue weighted by atomic mass is 10.1. The van der Waals surface area contributed by atoms with E-state index in [0.29, 0.717) is 17.5 Å². The number of carbonyl (C=O) groups is 1. The van der Waals surface area contributed by atoms with Gasteiger partial charge in [0.15, 0.2) is 0 Å². The highest BCUT2D eigenvalue weighted by molar-refractivity contribution is 6.36. The Morgan fingerprint density at radius 3 is 2.88 bits per heavy atom. The first-order valence-corrected chi connectivity index (χ1v) is 4.52. The number of benzene rings is 1. The fourth-order valence-corrected chi connectivity index (χ4v) is 1.13. The normalized spacial score (nSPS) is 10.4. The number of allylic oxidation sites excluding steroid dienone is 1. The van der Waals surface area contributed by atoms with E-state index in [1.165, 1.54) is 13.2 Å². The maximum Gasteiger partial charge on any atom is 0.213 e. The molecule has 0 fully saturated rings. The molecule has 4 heteroatoms. The lowest BCUT2D eigenvalue weighted by Gasteiger charge is -2.00. The molecule has 0 aliphatic heterocycles. The molecule has 0 saturated carbocycles. The number of ether oxygens (including phenoxy) is 1. The quantitative estimate of drug-likeness (QED) is 0.472. The molecule has 1 aromatic rings. The molecule has 0 spiro atoms. The number of methoxy groups -OCH3 is 1. The van der Waals surface area contributed by atoms with E-state index in [2.05, 4.69) is 0 Å². The molecule has 0 atom stereocenters. The Labute approximate surface area is 93.3 Å². The Balaban J connectivity index is 3.09. The van der Waals surface area contributed by atoms with E-state index in [1.54, 1.807) is 30.3 Å². The molecule has 0 aliphatic rings. The summed E-state index contributed by atoms with van der Waals surface area (Å²) in [6.07, 6.45) is 2.05. The Kier molecular flexibility index (Phi) is 3.98.